The summed E-state index contributed by atoms with van der Waals surface area (Å²) in [4.78, 5) is 9.18. The molecule has 0 radical (unpaired) electrons. The van der Waals surface area contributed by atoms with Crippen molar-refractivity contribution in [3.8, 4) is 0 Å². The van der Waals surface area contributed by atoms with Gasteiger partial charge in [-0.15, -0.1) is 0 Å². The maximum absolute atomic E-state index is 9.55. The van der Waals surface area contributed by atoms with Gasteiger partial charge in [-0.2, -0.15) is 0 Å². The zero-order valence-electron chi connectivity index (χ0n) is 11.4. The summed E-state index contributed by atoms with van der Waals surface area (Å²) >= 11 is 0. The molecule has 2 atom stereocenters. The molecule has 1 aliphatic carbocycles. The van der Waals surface area contributed by atoms with Crippen molar-refractivity contribution in [3.05, 3.63) is 0 Å². The third-order valence-corrected chi connectivity index (χ3v) is 3.28. The average Bonchev–Trinajstić information content (AvgIpc) is 2.73. The summed E-state index contributed by atoms with van der Waals surface area (Å²) in [5.74, 6) is 0.641. The Morgan fingerprint density at radius 1 is 1.24 bits per heavy atom. The number of rotatable bonds is 7. The van der Waals surface area contributed by atoms with Crippen molar-refractivity contribution in [1.29, 1.82) is 0 Å². The lowest BCUT2D eigenvalue weighted by molar-refractivity contribution is -0.128. The van der Waals surface area contributed by atoms with Crippen LogP contribution in [0.4, 0.5) is 0 Å². The molecule has 2 unspecified atom stereocenters. The first-order chi connectivity index (χ1) is 8.26. The SMILES string of the molecule is CCCCCCC1CCCC1O.CCOC=O. The highest BCUT2D eigenvalue weighted by Gasteiger charge is 2.23. The molecule has 0 aliphatic heterocycles. The van der Waals surface area contributed by atoms with Crippen molar-refractivity contribution in [2.75, 3.05) is 6.61 Å². The van der Waals surface area contributed by atoms with E-state index in [4.69, 9.17) is 0 Å². The van der Waals surface area contributed by atoms with Crippen LogP contribution in [0.2, 0.25) is 0 Å². The van der Waals surface area contributed by atoms with Gasteiger partial charge in [0, 0.05) is 0 Å². The molecule has 1 N–H and O–H groups in total. The summed E-state index contributed by atoms with van der Waals surface area (Å²) in [5.41, 5.74) is 0. The monoisotopic (exact) mass is 244 g/mol. The highest BCUT2D eigenvalue weighted by Crippen LogP contribution is 2.29. The van der Waals surface area contributed by atoms with Crippen LogP contribution in [0.5, 0.6) is 0 Å². The second-order valence-electron chi connectivity index (χ2n) is 4.66. The van der Waals surface area contributed by atoms with Gasteiger partial charge in [0.1, 0.15) is 0 Å². The first-order valence-electron chi connectivity index (χ1n) is 6.99. The molecule has 1 aliphatic rings. The first kappa shape index (κ1) is 16.4. The second kappa shape index (κ2) is 11.9. The van der Waals surface area contributed by atoms with Crippen LogP contribution in [0.1, 0.15) is 65.2 Å². The molecule has 0 aromatic rings. The molecule has 3 heteroatoms. The summed E-state index contributed by atoms with van der Waals surface area (Å²) in [6, 6.07) is 0. The van der Waals surface area contributed by atoms with Gasteiger partial charge in [-0.3, -0.25) is 4.79 Å². The van der Waals surface area contributed by atoms with Gasteiger partial charge in [0.05, 0.1) is 12.7 Å². The lowest BCUT2D eigenvalue weighted by atomic mass is 9.98. The Labute approximate surface area is 106 Å². The maximum Gasteiger partial charge on any atom is 0.293 e. The fourth-order valence-corrected chi connectivity index (χ4v) is 2.26. The van der Waals surface area contributed by atoms with E-state index >= 15 is 0 Å². The molecule has 0 aromatic heterocycles. The summed E-state index contributed by atoms with van der Waals surface area (Å²) in [5, 5.41) is 9.55. The van der Waals surface area contributed by atoms with Crippen LogP contribution >= 0.6 is 0 Å². The smallest absolute Gasteiger partial charge is 0.293 e. The van der Waals surface area contributed by atoms with Gasteiger partial charge in [0.2, 0.25) is 0 Å². The minimum absolute atomic E-state index is 0.0339. The van der Waals surface area contributed by atoms with E-state index in [0.29, 0.717) is 19.0 Å². The van der Waals surface area contributed by atoms with Gasteiger partial charge in [0.25, 0.3) is 6.47 Å². The fraction of sp³-hybridized carbons (Fsp3) is 0.929. The van der Waals surface area contributed by atoms with Crippen LogP contribution in [-0.2, 0) is 9.53 Å². The number of aliphatic hydroxyl groups is 1. The molecule has 1 rings (SSSR count). The zero-order chi connectivity index (χ0) is 12.9. The van der Waals surface area contributed by atoms with Crippen LogP contribution in [0.15, 0.2) is 0 Å². The van der Waals surface area contributed by atoms with Crippen molar-refractivity contribution in [2.45, 2.75) is 71.3 Å². The number of hydrogen-bond acceptors (Lipinski definition) is 3. The number of carbonyl (C=O) groups excluding carboxylic acids is 1. The highest BCUT2D eigenvalue weighted by atomic mass is 16.5. The van der Waals surface area contributed by atoms with E-state index < -0.39 is 0 Å². The van der Waals surface area contributed by atoms with Crippen LogP contribution in [0, 0.1) is 5.92 Å². The maximum atomic E-state index is 9.55. The summed E-state index contributed by atoms with van der Waals surface area (Å²) in [6.45, 7) is 4.91. The normalized spacial score (nSPS) is 22.8. The summed E-state index contributed by atoms with van der Waals surface area (Å²) in [7, 11) is 0. The topological polar surface area (TPSA) is 46.5 Å². The minimum atomic E-state index is 0.0339. The van der Waals surface area contributed by atoms with Crippen LogP contribution in [0.25, 0.3) is 0 Å². The van der Waals surface area contributed by atoms with Crippen molar-refractivity contribution in [2.24, 2.45) is 5.92 Å². The molecule has 0 saturated heterocycles. The zero-order valence-corrected chi connectivity index (χ0v) is 11.4. The van der Waals surface area contributed by atoms with E-state index in [1.165, 1.54) is 44.9 Å². The number of ether oxygens (including phenoxy) is 1. The first-order valence-corrected chi connectivity index (χ1v) is 6.99. The quantitative estimate of drug-likeness (QED) is 0.552. The van der Waals surface area contributed by atoms with Crippen molar-refractivity contribution >= 4 is 6.47 Å². The molecule has 1 fully saturated rings. The largest absolute Gasteiger partial charge is 0.468 e. The standard InChI is InChI=1S/C11H22O.C3H6O2/c1-2-3-4-5-7-10-8-6-9-11(10)12;1-2-5-3-4/h10-12H,2-9H2,1H3;3H,2H2,1H3. The van der Waals surface area contributed by atoms with Gasteiger partial charge < -0.3 is 9.84 Å². The molecular weight excluding hydrogens is 216 g/mol. The third kappa shape index (κ3) is 9.16. The lowest BCUT2D eigenvalue weighted by Crippen LogP contribution is -2.12. The predicted molar refractivity (Wildman–Crippen MR) is 69.8 cm³/mol. The van der Waals surface area contributed by atoms with Crippen molar-refractivity contribution < 1.29 is 14.6 Å². The van der Waals surface area contributed by atoms with Gasteiger partial charge >= 0.3 is 0 Å². The average molecular weight is 244 g/mol. The van der Waals surface area contributed by atoms with Crippen molar-refractivity contribution in [3.63, 3.8) is 0 Å². The molecule has 0 spiro atoms. The van der Waals surface area contributed by atoms with E-state index in [2.05, 4.69) is 11.7 Å². The molecule has 17 heavy (non-hydrogen) atoms. The molecule has 0 bridgehead atoms. The predicted octanol–water partition coefficient (Wildman–Crippen LogP) is 3.30. The van der Waals surface area contributed by atoms with Gasteiger partial charge in [-0.25, -0.2) is 0 Å². The molecular formula is C14H28O3. The van der Waals surface area contributed by atoms with E-state index in [0.717, 1.165) is 6.42 Å². The Balaban J connectivity index is 0.000000437. The van der Waals surface area contributed by atoms with Crippen molar-refractivity contribution in [1.82, 2.24) is 0 Å². The Bertz CT molecular complexity index is 171. The molecule has 1 saturated carbocycles. The molecule has 0 heterocycles. The molecule has 0 amide bonds. The van der Waals surface area contributed by atoms with Crippen LogP contribution in [-0.4, -0.2) is 24.3 Å². The number of aliphatic hydroxyl groups excluding tert-OH is 1. The van der Waals surface area contributed by atoms with Crippen LogP contribution < -0.4 is 0 Å². The highest BCUT2D eigenvalue weighted by molar-refractivity contribution is 5.36. The van der Waals surface area contributed by atoms with Gasteiger partial charge in [-0.1, -0.05) is 39.0 Å². The fourth-order valence-electron chi connectivity index (χ4n) is 2.26. The Morgan fingerprint density at radius 3 is 2.41 bits per heavy atom. The molecule has 3 nitrogen and oxygen atoms in total. The lowest BCUT2D eigenvalue weighted by Gasteiger charge is -2.13. The third-order valence-electron chi connectivity index (χ3n) is 3.28. The Kier molecular flexibility index (Phi) is 11.5. The second-order valence-corrected chi connectivity index (χ2v) is 4.66. The summed E-state index contributed by atoms with van der Waals surface area (Å²) < 4.78 is 4.15. The number of carbonyl (C=O) groups is 1. The van der Waals surface area contributed by atoms with E-state index in [1.54, 1.807) is 6.92 Å². The number of hydrogen-bond donors (Lipinski definition) is 1. The van der Waals surface area contributed by atoms with Gasteiger partial charge in [0.15, 0.2) is 0 Å². The molecule has 102 valence electrons. The van der Waals surface area contributed by atoms with Crippen LogP contribution in [0.3, 0.4) is 0 Å². The molecule has 0 aromatic carbocycles. The Morgan fingerprint density at radius 2 is 2.00 bits per heavy atom. The van der Waals surface area contributed by atoms with E-state index in [1.807, 2.05) is 0 Å². The number of unbranched alkanes of at least 4 members (excludes halogenated alkanes) is 3. The summed E-state index contributed by atoms with van der Waals surface area (Å²) in [6.07, 6.45) is 10.2. The van der Waals surface area contributed by atoms with E-state index in [9.17, 15) is 9.90 Å². The Hall–Kier alpha value is -0.570. The van der Waals surface area contributed by atoms with E-state index in [-0.39, 0.29) is 6.10 Å². The van der Waals surface area contributed by atoms with Gasteiger partial charge in [-0.05, 0) is 32.1 Å². The minimum Gasteiger partial charge on any atom is -0.468 e.